The minimum Gasteiger partial charge on any atom is -0.367 e. The summed E-state index contributed by atoms with van der Waals surface area (Å²) in [5, 5.41) is 10.1. The maximum atomic E-state index is 11.3. The van der Waals surface area contributed by atoms with Crippen molar-refractivity contribution in [3.8, 4) is 0 Å². The molecule has 0 spiro atoms. The molecular formula is C7H18N2O8P2. The van der Waals surface area contributed by atoms with E-state index in [4.69, 9.17) is 25.3 Å². The van der Waals surface area contributed by atoms with Gasteiger partial charge in [0.05, 0.1) is 0 Å². The zero-order chi connectivity index (χ0) is 15.6. The number of primary amides is 1. The highest BCUT2D eigenvalue weighted by Crippen LogP contribution is 2.44. The van der Waals surface area contributed by atoms with Crippen LogP contribution in [0.2, 0.25) is 0 Å². The molecule has 0 bridgehead atoms. The van der Waals surface area contributed by atoms with Gasteiger partial charge in [-0.05, 0) is 0 Å². The second kappa shape index (κ2) is 5.99. The van der Waals surface area contributed by atoms with Crippen molar-refractivity contribution in [2.24, 2.45) is 11.7 Å². The molecule has 114 valence electrons. The van der Waals surface area contributed by atoms with Gasteiger partial charge >= 0.3 is 15.2 Å². The highest BCUT2D eigenvalue weighted by atomic mass is 31.2. The molecule has 0 heterocycles. The fourth-order valence-corrected chi connectivity index (χ4v) is 3.19. The number of rotatable bonds is 7. The first-order valence-electron chi connectivity index (χ1n) is 5.06. The van der Waals surface area contributed by atoms with Gasteiger partial charge in [-0.15, -0.1) is 0 Å². The lowest BCUT2D eigenvalue weighted by Gasteiger charge is -2.39. The molecule has 0 saturated heterocycles. The lowest BCUT2D eigenvalue weighted by Crippen LogP contribution is -2.61. The number of amides is 1. The highest BCUT2D eigenvalue weighted by Gasteiger charge is 2.47. The van der Waals surface area contributed by atoms with Crippen molar-refractivity contribution in [3.63, 3.8) is 0 Å². The van der Waals surface area contributed by atoms with Gasteiger partial charge in [0.2, 0.25) is 5.72 Å². The topological polar surface area (TPSA) is 182 Å². The van der Waals surface area contributed by atoms with E-state index in [-0.39, 0.29) is 0 Å². The summed E-state index contributed by atoms with van der Waals surface area (Å²) >= 11 is 0. The molecular weight excluding hydrogens is 302 g/mol. The lowest BCUT2D eigenvalue weighted by molar-refractivity contribution is -0.167. The van der Waals surface area contributed by atoms with Gasteiger partial charge in [0.1, 0.15) is 12.6 Å². The summed E-state index contributed by atoms with van der Waals surface area (Å²) in [6.07, 6.45) is -2.43. The van der Waals surface area contributed by atoms with Crippen LogP contribution in [0.3, 0.4) is 0 Å². The molecule has 0 radical (unpaired) electrons. The number of carbonyl (C=O) groups excluding carboxylic acids is 1. The van der Waals surface area contributed by atoms with Gasteiger partial charge in [-0.2, -0.15) is 0 Å². The van der Waals surface area contributed by atoms with Gasteiger partial charge in [0, 0.05) is 5.92 Å². The molecule has 7 N–H and O–H groups in total. The van der Waals surface area contributed by atoms with Crippen molar-refractivity contribution in [2.75, 3.05) is 12.6 Å². The SMILES string of the molecule is CC(C)C(O)(C(N)=O)N(CP(=O)(O)O)CP(=O)(O)O. The van der Waals surface area contributed by atoms with Gasteiger partial charge in [0.15, 0.2) is 0 Å². The van der Waals surface area contributed by atoms with Crippen molar-refractivity contribution < 1.29 is 38.6 Å². The van der Waals surface area contributed by atoms with E-state index in [0.717, 1.165) is 0 Å². The molecule has 1 amide bonds. The van der Waals surface area contributed by atoms with Crippen molar-refractivity contribution in [3.05, 3.63) is 0 Å². The van der Waals surface area contributed by atoms with Crippen molar-refractivity contribution in [1.82, 2.24) is 4.90 Å². The van der Waals surface area contributed by atoms with Crippen molar-refractivity contribution in [2.45, 2.75) is 19.6 Å². The zero-order valence-electron chi connectivity index (χ0n) is 10.4. The maximum Gasteiger partial charge on any atom is 0.339 e. The van der Waals surface area contributed by atoms with Crippen LogP contribution >= 0.6 is 15.2 Å². The molecule has 19 heavy (non-hydrogen) atoms. The smallest absolute Gasteiger partial charge is 0.339 e. The van der Waals surface area contributed by atoms with E-state index < -0.39 is 45.3 Å². The van der Waals surface area contributed by atoms with Gasteiger partial charge in [0.25, 0.3) is 5.91 Å². The van der Waals surface area contributed by atoms with Crippen LogP contribution in [0.1, 0.15) is 13.8 Å². The molecule has 0 rings (SSSR count). The summed E-state index contributed by atoms with van der Waals surface area (Å²) in [5.74, 6) is -2.30. The predicted octanol–water partition coefficient (Wildman–Crippen LogP) is -1.61. The van der Waals surface area contributed by atoms with Crippen molar-refractivity contribution >= 4 is 21.1 Å². The van der Waals surface area contributed by atoms with Gasteiger partial charge in [-0.3, -0.25) is 13.9 Å². The number of nitrogens with zero attached hydrogens (tertiary/aromatic N) is 1. The van der Waals surface area contributed by atoms with Crippen molar-refractivity contribution in [1.29, 1.82) is 0 Å². The average Bonchev–Trinajstić information content (AvgIpc) is 2.09. The first kappa shape index (κ1) is 18.7. The van der Waals surface area contributed by atoms with Gasteiger partial charge in [-0.1, -0.05) is 13.8 Å². The first-order valence-corrected chi connectivity index (χ1v) is 8.66. The van der Waals surface area contributed by atoms with E-state index in [1.807, 2.05) is 0 Å². The monoisotopic (exact) mass is 320 g/mol. The molecule has 0 aromatic rings. The third kappa shape index (κ3) is 5.68. The van der Waals surface area contributed by atoms with E-state index in [2.05, 4.69) is 0 Å². The van der Waals surface area contributed by atoms with Crippen LogP contribution in [0.25, 0.3) is 0 Å². The van der Waals surface area contributed by atoms with Crippen LogP contribution in [0.4, 0.5) is 0 Å². The predicted molar refractivity (Wildman–Crippen MR) is 64.6 cm³/mol. The Bertz CT molecular complexity index is 405. The molecule has 0 aromatic heterocycles. The minimum atomic E-state index is -4.77. The summed E-state index contributed by atoms with van der Waals surface area (Å²) in [5.41, 5.74) is 2.39. The second-order valence-electron chi connectivity index (χ2n) is 4.40. The fourth-order valence-electron chi connectivity index (χ4n) is 1.51. The summed E-state index contributed by atoms with van der Waals surface area (Å²) in [6.45, 7) is 2.63. The Hall–Kier alpha value is -0.310. The van der Waals surface area contributed by atoms with E-state index >= 15 is 0 Å². The summed E-state index contributed by atoms with van der Waals surface area (Å²) in [7, 11) is -9.54. The second-order valence-corrected chi connectivity index (χ2v) is 7.62. The Balaban J connectivity index is 5.61. The summed E-state index contributed by atoms with van der Waals surface area (Å²) in [4.78, 5) is 47.1. The zero-order valence-corrected chi connectivity index (χ0v) is 12.2. The summed E-state index contributed by atoms with van der Waals surface area (Å²) < 4.78 is 21.9. The van der Waals surface area contributed by atoms with Crippen LogP contribution in [0, 0.1) is 5.92 Å². The molecule has 1 unspecified atom stereocenters. The minimum absolute atomic E-state index is 0.307. The Morgan fingerprint density at radius 2 is 1.47 bits per heavy atom. The number of aliphatic hydroxyl groups is 1. The number of hydrogen-bond acceptors (Lipinski definition) is 5. The van der Waals surface area contributed by atoms with E-state index in [9.17, 15) is 19.0 Å². The third-order valence-corrected chi connectivity index (χ3v) is 3.78. The Kier molecular flexibility index (Phi) is 5.89. The lowest BCUT2D eigenvalue weighted by atomic mass is 9.98. The van der Waals surface area contributed by atoms with Crippen LogP contribution in [0.15, 0.2) is 0 Å². The fraction of sp³-hybridized carbons (Fsp3) is 0.857. The number of hydrogen-bond donors (Lipinski definition) is 6. The Morgan fingerprint density at radius 1 is 1.16 bits per heavy atom. The van der Waals surface area contributed by atoms with Crippen LogP contribution in [-0.4, -0.2) is 53.8 Å². The largest absolute Gasteiger partial charge is 0.367 e. The Morgan fingerprint density at radius 3 is 1.63 bits per heavy atom. The maximum absolute atomic E-state index is 11.3. The molecule has 0 aliphatic rings. The molecule has 0 aliphatic carbocycles. The number of carbonyl (C=O) groups is 1. The third-order valence-electron chi connectivity index (χ3n) is 2.36. The van der Waals surface area contributed by atoms with E-state index in [1.165, 1.54) is 13.8 Å². The number of nitrogens with two attached hydrogens (primary N) is 1. The first-order chi connectivity index (χ1) is 8.20. The average molecular weight is 320 g/mol. The van der Waals surface area contributed by atoms with E-state index in [1.54, 1.807) is 0 Å². The Labute approximate surface area is 109 Å². The molecule has 1 atom stereocenters. The normalized spacial score (nSPS) is 16.7. The molecule has 0 aliphatic heterocycles. The highest BCUT2D eigenvalue weighted by molar-refractivity contribution is 7.52. The summed E-state index contributed by atoms with van der Waals surface area (Å²) in [6, 6.07) is 0. The quantitative estimate of drug-likeness (QED) is 0.237. The molecule has 10 nitrogen and oxygen atoms in total. The van der Waals surface area contributed by atoms with E-state index in [0.29, 0.717) is 4.90 Å². The van der Waals surface area contributed by atoms with Crippen LogP contribution in [0.5, 0.6) is 0 Å². The standard InChI is InChI=1S/C7H18N2O8P2/c1-5(2)7(11,6(8)10)9(3-18(12,13)14)4-19(15,16)17/h5,11H,3-4H2,1-2H3,(H2,8,10)(H2,12,13,14)(H2,15,16,17). The van der Waals surface area contributed by atoms with Gasteiger partial charge < -0.3 is 30.4 Å². The molecule has 12 heteroatoms. The molecule has 0 fully saturated rings. The molecule has 0 aromatic carbocycles. The van der Waals surface area contributed by atoms with Crippen LogP contribution in [-0.2, 0) is 13.9 Å². The van der Waals surface area contributed by atoms with Gasteiger partial charge in [-0.25, -0.2) is 4.90 Å². The van der Waals surface area contributed by atoms with Crippen LogP contribution < -0.4 is 5.73 Å². The molecule has 0 saturated carbocycles.